The second-order valence-electron chi connectivity index (χ2n) is 12.9. The third-order valence-electron chi connectivity index (χ3n) is 9.38. The van der Waals surface area contributed by atoms with Crippen LogP contribution in [0.2, 0.25) is 0 Å². The monoisotopic (exact) mass is 646 g/mol. The van der Waals surface area contributed by atoms with E-state index in [1.807, 2.05) is 36.4 Å². The van der Waals surface area contributed by atoms with E-state index in [2.05, 4.69) is 135 Å². The van der Waals surface area contributed by atoms with Crippen molar-refractivity contribution in [2.45, 2.75) is 64.1 Å². The summed E-state index contributed by atoms with van der Waals surface area (Å²) in [6, 6.07) is 55.0. The zero-order chi connectivity index (χ0) is 33.8. The number of hydrogen-bond donors (Lipinski definition) is 1. The molecule has 6 aromatic rings. The molecule has 248 valence electrons. The molecular weight excluding hydrogens is 601 g/mol. The number of hydrogen-bond acceptors (Lipinski definition) is 3. The van der Waals surface area contributed by atoms with E-state index in [4.69, 9.17) is 9.62 Å². The van der Waals surface area contributed by atoms with Gasteiger partial charge in [-0.15, -0.1) is 0 Å². The second kappa shape index (κ2) is 16.9. The fourth-order valence-corrected chi connectivity index (χ4v) is 6.64. The van der Waals surface area contributed by atoms with E-state index in [0.717, 1.165) is 54.5 Å². The Morgan fingerprint density at radius 3 is 1.37 bits per heavy atom. The zero-order valence-corrected chi connectivity index (χ0v) is 28.5. The molecule has 1 N–H and O–H groups in total. The molecule has 3 nitrogen and oxygen atoms in total. The van der Waals surface area contributed by atoms with Crippen LogP contribution >= 0.6 is 0 Å². The van der Waals surface area contributed by atoms with Crippen molar-refractivity contribution < 1.29 is 14.9 Å². The van der Waals surface area contributed by atoms with Crippen LogP contribution in [0.15, 0.2) is 158 Å². The Bertz CT molecular complexity index is 1830. The normalized spacial score (nSPS) is 13.0. The minimum absolute atomic E-state index is 0.359. The van der Waals surface area contributed by atoms with Crippen LogP contribution in [0.3, 0.4) is 0 Å². The molecular formula is C46H46O3. The molecule has 0 bridgehead atoms. The molecule has 0 aromatic heterocycles. The van der Waals surface area contributed by atoms with Crippen molar-refractivity contribution in [3.05, 3.63) is 208 Å². The summed E-state index contributed by atoms with van der Waals surface area (Å²) >= 11 is 0. The first-order chi connectivity index (χ1) is 24.1. The van der Waals surface area contributed by atoms with Crippen LogP contribution in [0, 0.1) is 0 Å². The molecule has 0 aliphatic heterocycles. The fraction of sp³-hybridized carbons (Fsp3) is 0.217. The summed E-state index contributed by atoms with van der Waals surface area (Å²) in [5.74, 6) is 0.403. The van der Waals surface area contributed by atoms with Gasteiger partial charge in [0.2, 0.25) is 0 Å². The van der Waals surface area contributed by atoms with Crippen LogP contribution in [-0.2, 0) is 30.6 Å². The van der Waals surface area contributed by atoms with Gasteiger partial charge in [0, 0.05) is 0 Å². The molecule has 0 spiro atoms. The number of ether oxygens (including phenoxy) is 1. The average Bonchev–Trinajstić information content (AvgIpc) is 3.16. The molecule has 6 rings (SSSR count). The Morgan fingerprint density at radius 1 is 0.449 bits per heavy atom. The van der Waals surface area contributed by atoms with Crippen molar-refractivity contribution in [3.63, 3.8) is 0 Å². The van der Waals surface area contributed by atoms with Gasteiger partial charge in [-0.05, 0) is 87.9 Å². The van der Waals surface area contributed by atoms with Crippen molar-refractivity contribution in [1.29, 1.82) is 0 Å². The van der Waals surface area contributed by atoms with Gasteiger partial charge in [0.1, 0.15) is 18.0 Å². The Labute approximate surface area is 291 Å². The predicted molar refractivity (Wildman–Crippen MR) is 200 cm³/mol. The Balaban J connectivity index is 1.28. The van der Waals surface area contributed by atoms with Gasteiger partial charge in [-0.25, -0.2) is 4.89 Å². The molecule has 0 fully saturated rings. The van der Waals surface area contributed by atoms with Gasteiger partial charge in [-0.3, -0.25) is 5.26 Å². The van der Waals surface area contributed by atoms with Crippen LogP contribution < -0.4 is 4.74 Å². The number of aryl methyl sites for hydroxylation is 2. The highest BCUT2D eigenvalue weighted by Gasteiger charge is 2.36. The largest absolute Gasteiger partial charge is 0.485 e. The first kappa shape index (κ1) is 33.9. The third kappa shape index (κ3) is 8.94. The lowest BCUT2D eigenvalue weighted by molar-refractivity contribution is -0.291. The molecule has 0 amide bonds. The molecule has 49 heavy (non-hydrogen) atoms. The molecule has 0 saturated carbocycles. The van der Waals surface area contributed by atoms with E-state index >= 15 is 0 Å². The second-order valence-corrected chi connectivity index (χ2v) is 12.9. The van der Waals surface area contributed by atoms with Crippen molar-refractivity contribution in [3.8, 4) is 5.75 Å². The fourth-order valence-electron chi connectivity index (χ4n) is 6.64. The van der Waals surface area contributed by atoms with E-state index in [0.29, 0.717) is 0 Å². The minimum Gasteiger partial charge on any atom is -0.485 e. The molecule has 1 unspecified atom stereocenters. The van der Waals surface area contributed by atoms with E-state index < -0.39 is 12.2 Å². The predicted octanol–water partition coefficient (Wildman–Crippen LogP) is 11.5. The summed E-state index contributed by atoms with van der Waals surface area (Å²) in [5, 5.41) is 10.6. The summed E-state index contributed by atoms with van der Waals surface area (Å²) < 4.78 is 6.90. The Hall–Kier alpha value is -4.96. The van der Waals surface area contributed by atoms with Gasteiger partial charge in [-0.1, -0.05) is 166 Å². The summed E-state index contributed by atoms with van der Waals surface area (Å²) in [7, 11) is 0. The molecule has 0 radical (unpaired) electrons. The standard InChI is InChI=1S/C46H46O3/c1-3-11-35-18-22-37(23-19-35)33-39-26-30-43(31-27-39)48-45(41-14-9-6-10-15-41)44(40-12-7-5-8-13-40)46(49-47)42-28-24-38(25-29-42)32-36-20-16-34(4-2)17-21-36/h5-10,12-31,44-47H,3-4,11,32-33H2,1-2H3/t44-,45-,46?/m1/s1. The molecule has 0 heterocycles. The van der Waals surface area contributed by atoms with Crippen LogP contribution in [0.5, 0.6) is 5.75 Å². The lowest BCUT2D eigenvalue weighted by Crippen LogP contribution is -2.25. The lowest BCUT2D eigenvalue weighted by Gasteiger charge is -2.33. The Morgan fingerprint density at radius 2 is 0.878 bits per heavy atom. The van der Waals surface area contributed by atoms with Crippen LogP contribution in [0.4, 0.5) is 0 Å². The van der Waals surface area contributed by atoms with Gasteiger partial charge >= 0.3 is 0 Å². The van der Waals surface area contributed by atoms with E-state index in [9.17, 15) is 5.26 Å². The number of rotatable bonds is 15. The molecule has 0 saturated heterocycles. The van der Waals surface area contributed by atoms with Gasteiger partial charge in [-0.2, -0.15) is 0 Å². The summed E-state index contributed by atoms with van der Waals surface area (Å²) in [4.78, 5) is 5.41. The van der Waals surface area contributed by atoms with Crippen LogP contribution in [0.25, 0.3) is 0 Å². The summed E-state index contributed by atoms with van der Waals surface area (Å²) in [6.45, 7) is 4.39. The van der Waals surface area contributed by atoms with Gasteiger partial charge in [0.25, 0.3) is 0 Å². The quantitative estimate of drug-likeness (QED) is 0.0891. The Kier molecular flexibility index (Phi) is 11.7. The maximum Gasteiger partial charge on any atom is 0.133 e. The molecule has 0 aliphatic rings. The highest BCUT2D eigenvalue weighted by atomic mass is 17.1. The maximum atomic E-state index is 10.6. The highest BCUT2D eigenvalue weighted by molar-refractivity contribution is 5.38. The highest BCUT2D eigenvalue weighted by Crippen LogP contribution is 2.45. The molecule has 0 aliphatic carbocycles. The van der Waals surface area contributed by atoms with Gasteiger partial charge < -0.3 is 4.74 Å². The van der Waals surface area contributed by atoms with Crippen LogP contribution in [0.1, 0.15) is 88.5 Å². The molecule has 3 atom stereocenters. The maximum absolute atomic E-state index is 10.6. The van der Waals surface area contributed by atoms with E-state index in [1.54, 1.807) is 0 Å². The van der Waals surface area contributed by atoms with Crippen molar-refractivity contribution in [1.82, 2.24) is 0 Å². The van der Waals surface area contributed by atoms with Crippen molar-refractivity contribution in [2.75, 3.05) is 0 Å². The van der Waals surface area contributed by atoms with E-state index in [-0.39, 0.29) is 5.92 Å². The smallest absolute Gasteiger partial charge is 0.133 e. The van der Waals surface area contributed by atoms with Gasteiger partial charge in [0.15, 0.2) is 0 Å². The van der Waals surface area contributed by atoms with Crippen LogP contribution in [-0.4, -0.2) is 5.26 Å². The molecule has 6 aromatic carbocycles. The lowest BCUT2D eigenvalue weighted by atomic mass is 9.81. The third-order valence-corrected chi connectivity index (χ3v) is 9.38. The van der Waals surface area contributed by atoms with Gasteiger partial charge in [0.05, 0.1) is 5.92 Å². The SMILES string of the molecule is CCCc1ccc(Cc2ccc(O[C@H](c3ccccc3)[C@@H](c3ccccc3)C(OO)c3ccc(Cc4ccc(CC)cc4)cc3)cc2)cc1. The van der Waals surface area contributed by atoms with Crippen molar-refractivity contribution in [2.24, 2.45) is 0 Å². The van der Waals surface area contributed by atoms with E-state index in [1.165, 1.54) is 33.4 Å². The minimum atomic E-state index is -0.680. The first-order valence-electron chi connectivity index (χ1n) is 17.5. The topological polar surface area (TPSA) is 38.7 Å². The van der Waals surface area contributed by atoms with Crippen molar-refractivity contribution >= 4 is 0 Å². The molecule has 3 heteroatoms. The zero-order valence-electron chi connectivity index (χ0n) is 28.5. The number of benzene rings is 6. The summed E-state index contributed by atoms with van der Waals surface area (Å²) in [6.07, 6.45) is 3.87. The average molecular weight is 647 g/mol. The first-order valence-corrected chi connectivity index (χ1v) is 17.5. The summed E-state index contributed by atoms with van der Waals surface area (Å²) in [5.41, 5.74) is 10.6.